The molecule has 26 heavy (non-hydrogen) atoms. The van der Waals surface area contributed by atoms with Crippen molar-refractivity contribution in [1.29, 1.82) is 5.26 Å². The van der Waals surface area contributed by atoms with Crippen molar-refractivity contribution in [2.75, 3.05) is 10.2 Å². The number of rotatable bonds is 3. The summed E-state index contributed by atoms with van der Waals surface area (Å²) in [5.41, 5.74) is 3.76. The van der Waals surface area contributed by atoms with Crippen molar-refractivity contribution in [2.24, 2.45) is 11.8 Å². The highest BCUT2D eigenvalue weighted by molar-refractivity contribution is 5.94. The maximum absolute atomic E-state index is 12.5. The van der Waals surface area contributed by atoms with Gasteiger partial charge in [-0.15, -0.1) is 0 Å². The lowest BCUT2D eigenvalue weighted by atomic mass is 9.80. The summed E-state index contributed by atoms with van der Waals surface area (Å²) in [5.74, 6) is 0.982. The van der Waals surface area contributed by atoms with Gasteiger partial charge in [0, 0.05) is 30.3 Å². The predicted octanol–water partition coefficient (Wildman–Crippen LogP) is 4.49. The fourth-order valence-electron chi connectivity index (χ4n) is 4.37. The third-order valence-electron chi connectivity index (χ3n) is 5.65. The molecule has 1 amide bonds. The minimum atomic E-state index is 0.112. The fraction of sp³-hybridized carbons (Fsp3) is 0.364. The average molecular weight is 345 g/mol. The quantitative estimate of drug-likeness (QED) is 0.891. The van der Waals surface area contributed by atoms with Gasteiger partial charge in [-0.05, 0) is 48.6 Å². The Balaban J connectivity index is 1.76. The largest absolute Gasteiger partial charge is 0.378 e. The molecule has 1 fully saturated rings. The maximum atomic E-state index is 12.5. The first kappa shape index (κ1) is 16.7. The second-order valence-electron chi connectivity index (χ2n) is 7.45. The number of hydrogen-bond acceptors (Lipinski definition) is 3. The Kier molecular flexibility index (Phi) is 4.16. The van der Waals surface area contributed by atoms with Crippen LogP contribution in [-0.2, 0) is 4.79 Å². The van der Waals surface area contributed by atoms with Crippen molar-refractivity contribution < 1.29 is 4.79 Å². The Morgan fingerprint density at radius 3 is 2.65 bits per heavy atom. The van der Waals surface area contributed by atoms with Crippen LogP contribution in [0.3, 0.4) is 0 Å². The Morgan fingerprint density at radius 2 is 1.96 bits per heavy atom. The van der Waals surface area contributed by atoms with E-state index in [1.807, 2.05) is 41.3 Å². The molecule has 1 heterocycles. The molecule has 3 unspecified atom stereocenters. The maximum Gasteiger partial charge on any atom is 0.224 e. The number of carbonyl (C=O) groups excluding carboxylic acids is 1. The lowest BCUT2D eigenvalue weighted by Crippen LogP contribution is -2.51. The monoisotopic (exact) mass is 345 g/mol. The van der Waals surface area contributed by atoms with Crippen LogP contribution in [-0.4, -0.2) is 11.9 Å². The highest BCUT2D eigenvalue weighted by Crippen LogP contribution is 2.49. The van der Waals surface area contributed by atoms with E-state index >= 15 is 0 Å². The normalized spacial score (nSPS) is 24.5. The topological polar surface area (TPSA) is 56.1 Å². The number of benzene rings is 2. The molecule has 0 aromatic heterocycles. The first-order valence-corrected chi connectivity index (χ1v) is 9.25. The molecule has 3 atom stereocenters. The van der Waals surface area contributed by atoms with Crippen LogP contribution >= 0.6 is 0 Å². The Morgan fingerprint density at radius 1 is 1.19 bits per heavy atom. The molecule has 4 rings (SSSR count). The molecule has 4 heteroatoms. The van der Waals surface area contributed by atoms with E-state index in [0.29, 0.717) is 11.5 Å². The number of fused-ring (bicyclic) bond motifs is 1. The van der Waals surface area contributed by atoms with Crippen LogP contribution in [0.4, 0.5) is 11.4 Å². The summed E-state index contributed by atoms with van der Waals surface area (Å²) in [5, 5.41) is 12.8. The average Bonchev–Trinajstić information content (AvgIpc) is 3.48. The van der Waals surface area contributed by atoms with Gasteiger partial charge >= 0.3 is 0 Å². The van der Waals surface area contributed by atoms with E-state index < -0.39 is 0 Å². The molecule has 0 saturated heterocycles. The molecule has 1 aliphatic carbocycles. The number of anilines is 2. The molecule has 132 valence electrons. The predicted molar refractivity (Wildman–Crippen MR) is 103 cm³/mol. The van der Waals surface area contributed by atoms with Crippen molar-refractivity contribution in [3.05, 3.63) is 59.7 Å². The lowest BCUT2D eigenvalue weighted by Gasteiger charge is -2.46. The SMILES string of the molecule is CC(=O)N1c2ccccc2C(Nc2cccc(C#N)c2)C(C)C1C1CC1. The summed E-state index contributed by atoms with van der Waals surface area (Å²) >= 11 is 0. The van der Waals surface area contributed by atoms with Crippen LogP contribution in [0.2, 0.25) is 0 Å². The number of hydrogen-bond donors (Lipinski definition) is 1. The van der Waals surface area contributed by atoms with Crippen LogP contribution in [0, 0.1) is 23.2 Å². The number of nitrogens with zero attached hydrogens (tertiary/aromatic N) is 2. The zero-order chi connectivity index (χ0) is 18.3. The molecule has 0 bridgehead atoms. The van der Waals surface area contributed by atoms with E-state index in [1.54, 1.807) is 6.92 Å². The molecule has 0 radical (unpaired) electrons. The van der Waals surface area contributed by atoms with Crippen LogP contribution in [0.15, 0.2) is 48.5 Å². The van der Waals surface area contributed by atoms with E-state index in [0.717, 1.165) is 16.9 Å². The van der Waals surface area contributed by atoms with Crippen LogP contribution in [0.1, 0.15) is 43.9 Å². The van der Waals surface area contributed by atoms with Crippen LogP contribution in [0.5, 0.6) is 0 Å². The Hall–Kier alpha value is -2.80. The molecule has 1 aliphatic heterocycles. The van der Waals surface area contributed by atoms with Gasteiger partial charge in [-0.1, -0.05) is 31.2 Å². The van der Waals surface area contributed by atoms with E-state index in [-0.39, 0.29) is 23.9 Å². The van der Waals surface area contributed by atoms with Gasteiger partial charge in [0.1, 0.15) is 0 Å². The molecule has 1 N–H and O–H groups in total. The van der Waals surface area contributed by atoms with Gasteiger partial charge < -0.3 is 10.2 Å². The molecule has 4 nitrogen and oxygen atoms in total. The minimum Gasteiger partial charge on any atom is -0.378 e. The van der Waals surface area contributed by atoms with E-state index in [1.165, 1.54) is 12.8 Å². The van der Waals surface area contributed by atoms with E-state index in [4.69, 9.17) is 0 Å². The second kappa shape index (κ2) is 6.49. The lowest BCUT2D eigenvalue weighted by molar-refractivity contribution is -0.117. The molecule has 1 saturated carbocycles. The second-order valence-corrected chi connectivity index (χ2v) is 7.45. The highest BCUT2D eigenvalue weighted by Gasteiger charge is 2.47. The smallest absolute Gasteiger partial charge is 0.224 e. The summed E-state index contributed by atoms with van der Waals surface area (Å²) in [6.45, 7) is 3.91. The van der Waals surface area contributed by atoms with Crippen molar-refractivity contribution in [3.63, 3.8) is 0 Å². The molecular weight excluding hydrogens is 322 g/mol. The number of carbonyl (C=O) groups is 1. The van der Waals surface area contributed by atoms with Gasteiger partial charge in [0.15, 0.2) is 0 Å². The minimum absolute atomic E-state index is 0.112. The van der Waals surface area contributed by atoms with Crippen LogP contribution < -0.4 is 10.2 Å². The summed E-state index contributed by atoms with van der Waals surface area (Å²) in [6.07, 6.45) is 2.38. The first-order chi connectivity index (χ1) is 12.6. The summed E-state index contributed by atoms with van der Waals surface area (Å²) < 4.78 is 0. The van der Waals surface area contributed by atoms with Gasteiger partial charge in [-0.25, -0.2) is 0 Å². The molecule has 2 aliphatic rings. The van der Waals surface area contributed by atoms with Gasteiger partial charge in [0.05, 0.1) is 17.7 Å². The molecular formula is C22H23N3O. The number of amides is 1. The molecule has 0 spiro atoms. The fourth-order valence-corrected chi connectivity index (χ4v) is 4.37. The number of nitrogens with one attached hydrogen (secondary N) is 1. The standard InChI is InChI=1S/C22H23N3O/c1-14-21(24-18-7-5-6-16(12-18)13-23)19-8-3-4-9-20(19)25(15(2)26)22(14)17-10-11-17/h3-9,12,14,17,21-22,24H,10-11H2,1-2H3. The van der Waals surface area contributed by atoms with Gasteiger partial charge in [0.25, 0.3) is 0 Å². The first-order valence-electron chi connectivity index (χ1n) is 9.25. The van der Waals surface area contributed by atoms with Gasteiger partial charge in [-0.3, -0.25) is 4.79 Å². The Labute approximate surface area is 154 Å². The van der Waals surface area contributed by atoms with Crippen molar-refractivity contribution in [3.8, 4) is 6.07 Å². The third kappa shape index (κ3) is 2.84. The highest BCUT2D eigenvalue weighted by atomic mass is 16.2. The Bertz CT molecular complexity index is 881. The van der Waals surface area contributed by atoms with E-state index in [9.17, 15) is 10.1 Å². The van der Waals surface area contributed by atoms with Gasteiger partial charge in [-0.2, -0.15) is 5.26 Å². The summed E-state index contributed by atoms with van der Waals surface area (Å²) in [6, 6.07) is 18.3. The van der Waals surface area contributed by atoms with Crippen molar-refractivity contribution in [2.45, 2.75) is 38.8 Å². The molecule has 2 aromatic rings. The zero-order valence-electron chi connectivity index (χ0n) is 15.1. The van der Waals surface area contributed by atoms with Crippen LogP contribution in [0.25, 0.3) is 0 Å². The third-order valence-corrected chi connectivity index (χ3v) is 5.65. The number of nitriles is 1. The van der Waals surface area contributed by atoms with Crippen molar-refractivity contribution >= 4 is 17.3 Å². The van der Waals surface area contributed by atoms with E-state index in [2.05, 4.69) is 30.4 Å². The number of para-hydroxylation sites is 1. The summed E-state index contributed by atoms with van der Waals surface area (Å²) in [4.78, 5) is 14.5. The molecule has 2 aromatic carbocycles. The van der Waals surface area contributed by atoms with Gasteiger partial charge in [0.2, 0.25) is 5.91 Å². The van der Waals surface area contributed by atoms with Crippen molar-refractivity contribution in [1.82, 2.24) is 0 Å². The zero-order valence-corrected chi connectivity index (χ0v) is 15.1. The summed E-state index contributed by atoms with van der Waals surface area (Å²) in [7, 11) is 0.